The molecule has 0 radical (unpaired) electrons. The Bertz CT molecular complexity index is 1120. The van der Waals surface area contributed by atoms with Gasteiger partial charge in [-0.05, 0) is 51.9 Å². The highest BCUT2D eigenvalue weighted by Gasteiger charge is 2.41. The minimum atomic E-state index is -0.328. The van der Waals surface area contributed by atoms with Crippen LogP contribution in [-0.2, 0) is 11.3 Å². The van der Waals surface area contributed by atoms with Crippen molar-refractivity contribution in [3.63, 3.8) is 0 Å². The first kappa shape index (κ1) is 20.8. The quantitative estimate of drug-likeness (QED) is 0.609. The van der Waals surface area contributed by atoms with Crippen LogP contribution in [0.3, 0.4) is 0 Å². The number of hydrogen-bond donors (Lipinski definition) is 1. The average Bonchev–Trinajstić information content (AvgIpc) is 3.40. The standard InChI is InChI=1S/C23H30N8O/c1-4-17(23(32)31-10-6-7-18(31)15-8-9-15)28-20-19-22(27-13-26-20)30(5-2)21(29-19)16-11-24-14(3)25-12-16/h11-13,15,17-18H,4-10H2,1-3H3,(H,26,27,28)/t17?,18-/m1/s1. The summed E-state index contributed by atoms with van der Waals surface area (Å²) in [6.07, 6.45) is 10.5. The van der Waals surface area contributed by atoms with Crippen LogP contribution in [0, 0.1) is 12.8 Å². The van der Waals surface area contributed by atoms with E-state index in [-0.39, 0.29) is 11.9 Å². The van der Waals surface area contributed by atoms with Crippen molar-refractivity contribution < 1.29 is 4.79 Å². The fraction of sp³-hybridized carbons (Fsp3) is 0.565. The summed E-state index contributed by atoms with van der Waals surface area (Å²) in [6, 6.07) is 0.0848. The monoisotopic (exact) mass is 434 g/mol. The molecule has 9 nitrogen and oxygen atoms in total. The summed E-state index contributed by atoms with van der Waals surface area (Å²) in [6.45, 7) is 7.51. The maximum Gasteiger partial charge on any atom is 0.245 e. The van der Waals surface area contributed by atoms with Crippen molar-refractivity contribution in [1.29, 1.82) is 0 Å². The van der Waals surface area contributed by atoms with Crippen LogP contribution in [0.5, 0.6) is 0 Å². The van der Waals surface area contributed by atoms with E-state index in [2.05, 4.69) is 37.1 Å². The van der Waals surface area contributed by atoms with Gasteiger partial charge in [-0.15, -0.1) is 0 Å². The van der Waals surface area contributed by atoms with Gasteiger partial charge in [0.1, 0.15) is 24.0 Å². The predicted molar refractivity (Wildman–Crippen MR) is 122 cm³/mol. The number of carbonyl (C=O) groups excluding carboxylic acids is 1. The van der Waals surface area contributed by atoms with Gasteiger partial charge in [-0.25, -0.2) is 24.9 Å². The molecule has 32 heavy (non-hydrogen) atoms. The number of anilines is 1. The minimum absolute atomic E-state index is 0.177. The Balaban J connectivity index is 1.47. The smallest absolute Gasteiger partial charge is 0.245 e. The molecule has 9 heteroatoms. The minimum Gasteiger partial charge on any atom is -0.356 e. The van der Waals surface area contributed by atoms with E-state index in [9.17, 15) is 4.79 Å². The first-order valence-corrected chi connectivity index (χ1v) is 11.7. The maximum atomic E-state index is 13.4. The van der Waals surface area contributed by atoms with E-state index in [1.807, 2.05) is 18.4 Å². The molecular formula is C23H30N8O. The average molecular weight is 435 g/mol. The number of aromatic nitrogens is 6. The summed E-state index contributed by atoms with van der Waals surface area (Å²) in [5, 5.41) is 3.40. The van der Waals surface area contributed by atoms with E-state index >= 15 is 0 Å². The van der Waals surface area contributed by atoms with E-state index in [1.165, 1.54) is 19.2 Å². The molecule has 0 aromatic carbocycles. The van der Waals surface area contributed by atoms with Crippen LogP contribution in [0.25, 0.3) is 22.6 Å². The lowest BCUT2D eigenvalue weighted by Gasteiger charge is -2.29. The number of nitrogens with zero attached hydrogens (tertiary/aromatic N) is 7. The molecular weight excluding hydrogens is 404 g/mol. The molecule has 2 aliphatic rings. The number of likely N-dealkylation sites (tertiary alicyclic amines) is 1. The molecule has 2 atom stereocenters. The molecule has 168 valence electrons. The summed E-state index contributed by atoms with van der Waals surface area (Å²) in [7, 11) is 0. The fourth-order valence-electron chi connectivity index (χ4n) is 4.81. The van der Waals surface area contributed by atoms with E-state index < -0.39 is 0 Å². The highest BCUT2D eigenvalue weighted by atomic mass is 16.2. The normalized spacial score (nSPS) is 19.5. The van der Waals surface area contributed by atoms with Crippen LogP contribution < -0.4 is 5.32 Å². The first-order valence-electron chi connectivity index (χ1n) is 11.7. The van der Waals surface area contributed by atoms with E-state index in [0.717, 1.165) is 36.4 Å². The number of rotatable bonds is 7. The third-order valence-corrected chi connectivity index (χ3v) is 6.65. The Labute approximate surface area is 187 Å². The molecule has 3 aromatic heterocycles. The summed E-state index contributed by atoms with van der Waals surface area (Å²) in [5.41, 5.74) is 2.23. The third kappa shape index (κ3) is 3.69. The summed E-state index contributed by atoms with van der Waals surface area (Å²) >= 11 is 0. The molecule has 1 aliphatic heterocycles. The number of amides is 1. The molecule has 1 saturated carbocycles. The second-order valence-corrected chi connectivity index (χ2v) is 8.78. The van der Waals surface area contributed by atoms with Gasteiger partial charge in [-0.3, -0.25) is 4.79 Å². The Hall–Kier alpha value is -3.10. The molecule has 1 N–H and O–H groups in total. The molecule has 0 bridgehead atoms. The van der Waals surface area contributed by atoms with Crippen LogP contribution in [0.1, 0.15) is 51.8 Å². The van der Waals surface area contributed by atoms with Crippen molar-refractivity contribution >= 4 is 22.9 Å². The molecule has 4 heterocycles. The lowest BCUT2D eigenvalue weighted by molar-refractivity contribution is -0.133. The highest BCUT2D eigenvalue weighted by molar-refractivity contribution is 5.90. The van der Waals surface area contributed by atoms with Crippen molar-refractivity contribution in [2.75, 3.05) is 11.9 Å². The third-order valence-electron chi connectivity index (χ3n) is 6.65. The summed E-state index contributed by atoms with van der Waals surface area (Å²) < 4.78 is 2.03. The van der Waals surface area contributed by atoms with Gasteiger partial charge in [0.15, 0.2) is 17.0 Å². The Morgan fingerprint density at radius 3 is 2.62 bits per heavy atom. The second kappa shape index (κ2) is 8.44. The molecule has 5 rings (SSSR count). The van der Waals surface area contributed by atoms with Crippen molar-refractivity contribution in [2.24, 2.45) is 5.92 Å². The van der Waals surface area contributed by atoms with Gasteiger partial charge >= 0.3 is 0 Å². The molecule has 1 saturated heterocycles. The van der Waals surface area contributed by atoms with Crippen LogP contribution >= 0.6 is 0 Å². The zero-order valence-corrected chi connectivity index (χ0v) is 19.0. The number of carbonyl (C=O) groups is 1. The maximum absolute atomic E-state index is 13.4. The van der Waals surface area contributed by atoms with Crippen LogP contribution in [-0.4, -0.2) is 58.9 Å². The molecule has 1 unspecified atom stereocenters. The molecule has 1 amide bonds. The van der Waals surface area contributed by atoms with Crippen LogP contribution in [0.15, 0.2) is 18.7 Å². The fourth-order valence-corrected chi connectivity index (χ4v) is 4.81. The van der Waals surface area contributed by atoms with E-state index in [4.69, 9.17) is 4.98 Å². The largest absolute Gasteiger partial charge is 0.356 e. The van der Waals surface area contributed by atoms with Crippen LogP contribution in [0.4, 0.5) is 5.82 Å². The van der Waals surface area contributed by atoms with E-state index in [0.29, 0.717) is 42.1 Å². The molecule has 1 aliphatic carbocycles. The number of aryl methyl sites for hydroxylation is 2. The topological polar surface area (TPSA) is 102 Å². The Kier molecular flexibility index (Phi) is 5.48. The zero-order valence-electron chi connectivity index (χ0n) is 19.0. The lowest BCUT2D eigenvalue weighted by Crippen LogP contribution is -2.45. The SMILES string of the molecule is CCC(Nc1ncnc2c1nc(-c1cnc(C)nc1)n2CC)C(=O)N1CCC[C@@H]1C1CC1. The van der Waals surface area contributed by atoms with Crippen molar-refractivity contribution in [3.05, 3.63) is 24.5 Å². The van der Waals surface area contributed by atoms with Gasteiger partial charge in [0.2, 0.25) is 5.91 Å². The molecule has 3 aromatic rings. The summed E-state index contributed by atoms with van der Waals surface area (Å²) in [5.74, 6) is 2.93. The first-order chi connectivity index (χ1) is 15.6. The Morgan fingerprint density at radius 2 is 1.94 bits per heavy atom. The summed E-state index contributed by atoms with van der Waals surface area (Å²) in [4.78, 5) is 38.0. The number of nitrogens with one attached hydrogen (secondary N) is 1. The number of fused-ring (bicyclic) bond motifs is 1. The van der Waals surface area contributed by atoms with Gasteiger partial charge in [0.05, 0.1) is 5.56 Å². The van der Waals surface area contributed by atoms with E-state index in [1.54, 1.807) is 12.4 Å². The van der Waals surface area contributed by atoms with Gasteiger partial charge in [-0.1, -0.05) is 6.92 Å². The number of hydrogen-bond acceptors (Lipinski definition) is 7. The van der Waals surface area contributed by atoms with Gasteiger partial charge in [-0.2, -0.15) is 0 Å². The molecule has 0 spiro atoms. The Morgan fingerprint density at radius 1 is 1.16 bits per heavy atom. The van der Waals surface area contributed by atoms with Gasteiger partial charge in [0.25, 0.3) is 0 Å². The van der Waals surface area contributed by atoms with Gasteiger partial charge < -0.3 is 14.8 Å². The second-order valence-electron chi connectivity index (χ2n) is 8.78. The van der Waals surface area contributed by atoms with Gasteiger partial charge in [0, 0.05) is 31.5 Å². The van der Waals surface area contributed by atoms with Crippen molar-refractivity contribution in [1.82, 2.24) is 34.4 Å². The lowest BCUT2D eigenvalue weighted by atomic mass is 10.1. The highest BCUT2D eigenvalue weighted by Crippen LogP contribution is 2.40. The number of imidazole rings is 1. The zero-order chi connectivity index (χ0) is 22.2. The van der Waals surface area contributed by atoms with Crippen molar-refractivity contribution in [2.45, 2.75) is 71.5 Å². The van der Waals surface area contributed by atoms with Crippen molar-refractivity contribution in [3.8, 4) is 11.4 Å². The molecule has 2 fully saturated rings. The predicted octanol–water partition coefficient (Wildman–Crippen LogP) is 3.20. The van der Waals surface area contributed by atoms with Crippen LogP contribution in [0.2, 0.25) is 0 Å².